The van der Waals surface area contributed by atoms with Crippen LogP contribution in [0.3, 0.4) is 0 Å². The van der Waals surface area contributed by atoms with Gasteiger partial charge in [0.15, 0.2) is 0 Å². The Labute approximate surface area is 136 Å². The van der Waals surface area contributed by atoms with Crippen LogP contribution in [0, 0.1) is 0 Å². The van der Waals surface area contributed by atoms with Gasteiger partial charge in [-0.05, 0) is 23.1 Å². The molecule has 23 heavy (non-hydrogen) atoms. The van der Waals surface area contributed by atoms with Gasteiger partial charge in [-0.15, -0.1) is 0 Å². The van der Waals surface area contributed by atoms with Gasteiger partial charge in [-0.3, -0.25) is 9.59 Å². The lowest BCUT2D eigenvalue weighted by Crippen LogP contribution is -2.45. The first kappa shape index (κ1) is 15.3. The van der Waals surface area contributed by atoms with Gasteiger partial charge in [-0.1, -0.05) is 54.6 Å². The number of hydrogen-bond donors (Lipinski definition) is 0. The van der Waals surface area contributed by atoms with Crippen molar-refractivity contribution in [1.29, 1.82) is 0 Å². The molecule has 0 unspecified atom stereocenters. The molecule has 0 spiro atoms. The Bertz CT molecular complexity index is 712. The number of nitrogens with zero attached hydrogens (tertiary/aromatic N) is 2. The van der Waals surface area contributed by atoms with Crippen LogP contribution in [0.1, 0.15) is 16.7 Å². The molecular weight excluding hydrogens is 288 g/mol. The first-order chi connectivity index (χ1) is 11.1. The molecule has 118 valence electrons. The summed E-state index contributed by atoms with van der Waals surface area (Å²) in [5.74, 6) is -0.869. The second-order valence-electron chi connectivity index (χ2n) is 5.89. The maximum atomic E-state index is 12.5. The number of rotatable bonds is 2. The van der Waals surface area contributed by atoms with E-state index >= 15 is 0 Å². The van der Waals surface area contributed by atoms with E-state index in [4.69, 9.17) is 0 Å². The fourth-order valence-electron chi connectivity index (χ4n) is 2.90. The minimum Gasteiger partial charge on any atom is -0.333 e. The minimum absolute atomic E-state index is 0.419. The first-order valence-electron chi connectivity index (χ1n) is 7.80. The van der Waals surface area contributed by atoms with Crippen LogP contribution in [0.2, 0.25) is 0 Å². The Morgan fingerprint density at radius 2 is 1.65 bits per heavy atom. The SMILES string of the molecule is CN(Cc1ccccc1)C(=O)C(=O)N1CCc2ccccc2C1. The molecule has 4 nitrogen and oxygen atoms in total. The average molecular weight is 308 g/mol. The van der Waals surface area contributed by atoms with E-state index in [2.05, 4.69) is 6.07 Å². The Morgan fingerprint density at radius 3 is 2.39 bits per heavy atom. The van der Waals surface area contributed by atoms with Crippen LogP contribution in [0.4, 0.5) is 0 Å². The van der Waals surface area contributed by atoms with Crippen LogP contribution in [-0.4, -0.2) is 35.2 Å². The molecule has 0 aromatic heterocycles. The van der Waals surface area contributed by atoms with E-state index in [1.54, 1.807) is 11.9 Å². The van der Waals surface area contributed by atoms with Crippen LogP contribution in [-0.2, 0) is 29.1 Å². The summed E-state index contributed by atoms with van der Waals surface area (Å²) >= 11 is 0. The molecule has 0 radical (unpaired) electrons. The summed E-state index contributed by atoms with van der Waals surface area (Å²) in [4.78, 5) is 28.0. The van der Waals surface area contributed by atoms with Gasteiger partial charge in [0.25, 0.3) is 0 Å². The summed E-state index contributed by atoms with van der Waals surface area (Å²) in [7, 11) is 1.67. The second kappa shape index (κ2) is 6.65. The third-order valence-electron chi connectivity index (χ3n) is 4.21. The van der Waals surface area contributed by atoms with Crippen molar-refractivity contribution in [3.63, 3.8) is 0 Å². The maximum Gasteiger partial charge on any atom is 0.312 e. The van der Waals surface area contributed by atoms with Crippen molar-refractivity contribution >= 4 is 11.8 Å². The second-order valence-corrected chi connectivity index (χ2v) is 5.89. The number of likely N-dealkylation sites (N-methyl/N-ethyl adjacent to an activating group) is 1. The first-order valence-corrected chi connectivity index (χ1v) is 7.80. The highest BCUT2D eigenvalue weighted by molar-refractivity contribution is 6.34. The van der Waals surface area contributed by atoms with Crippen LogP contribution < -0.4 is 0 Å². The number of carbonyl (C=O) groups is 2. The topological polar surface area (TPSA) is 40.6 Å². The Morgan fingerprint density at radius 1 is 1.00 bits per heavy atom. The zero-order valence-electron chi connectivity index (χ0n) is 13.2. The molecule has 1 aliphatic rings. The Kier molecular flexibility index (Phi) is 4.42. The molecule has 0 aliphatic carbocycles. The van der Waals surface area contributed by atoms with Gasteiger partial charge in [-0.25, -0.2) is 0 Å². The van der Waals surface area contributed by atoms with Gasteiger partial charge >= 0.3 is 11.8 Å². The van der Waals surface area contributed by atoms with E-state index in [0.717, 1.165) is 17.5 Å². The largest absolute Gasteiger partial charge is 0.333 e. The zero-order chi connectivity index (χ0) is 16.2. The van der Waals surface area contributed by atoms with Crippen molar-refractivity contribution in [3.05, 3.63) is 71.3 Å². The van der Waals surface area contributed by atoms with E-state index in [-0.39, 0.29) is 0 Å². The standard InChI is InChI=1S/C19H20N2O2/c1-20(13-15-7-3-2-4-8-15)18(22)19(23)21-12-11-16-9-5-6-10-17(16)14-21/h2-10H,11-14H2,1H3. The van der Waals surface area contributed by atoms with Gasteiger partial charge in [-0.2, -0.15) is 0 Å². The lowest BCUT2D eigenvalue weighted by molar-refractivity contribution is -0.151. The molecule has 1 aliphatic heterocycles. The molecule has 0 N–H and O–H groups in total. The lowest BCUT2D eigenvalue weighted by atomic mass is 10.00. The van der Waals surface area contributed by atoms with Crippen molar-refractivity contribution in [3.8, 4) is 0 Å². The van der Waals surface area contributed by atoms with E-state index in [1.807, 2.05) is 48.5 Å². The number of benzene rings is 2. The molecule has 4 heteroatoms. The van der Waals surface area contributed by atoms with Gasteiger partial charge in [0.2, 0.25) is 0 Å². The molecular formula is C19H20N2O2. The van der Waals surface area contributed by atoms with Gasteiger partial charge < -0.3 is 9.80 Å². The highest BCUT2D eigenvalue weighted by Gasteiger charge is 2.27. The van der Waals surface area contributed by atoms with Crippen molar-refractivity contribution in [2.45, 2.75) is 19.5 Å². The number of hydrogen-bond acceptors (Lipinski definition) is 2. The molecule has 2 aromatic rings. The van der Waals surface area contributed by atoms with E-state index in [1.165, 1.54) is 10.5 Å². The zero-order valence-corrected chi connectivity index (χ0v) is 13.2. The maximum absolute atomic E-state index is 12.5. The van der Waals surface area contributed by atoms with Crippen molar-refractivity contribution < 1.29 is 9.59 Å². The molecule has 0 saturated carbocycles. The normalized spacial score (nSPS) is 13.3. The number of carbonyl (C=O) groups excluding carboxylic acids is 2. The van der Waals surface area contributed by atoms with Crippen LogP contribution >= 0.6 is 0 Å². The van der Waals surface area contributed by atoms with Crippen LogP contribution in [0.25, 0.3) is 0 Å². The fraction of sp³-hybridized carbons (Fsp3) is 0.263. The summed E-state index contributed by atoms with van der Waals surface area (Å²) in [6.45, 7) is 1.55. The molecule has 3 rings (SSSR count). The third-order valence-corrected chi connectivity index (χ3v) is 4.21. The monoisotopic (exact) mass is 308 g/mol. The summed E-state index contributed by atoms with van der Waals surface area (Å²) < 4.78 is 0. The van der Waals surface area contributed by atoms with Gasteiger partial charge in [0.05, 0.1) is 0 Å². The molecule has 2 amide bonds. The molecule has 0 fully saturated rings. The quantitative estimate of drug-likeness (QED) is 0.798. The summed E-state index contributed by atoms with van der Waals surface area (Å²) in [6.07, 6.45) is 0.803. The van der Waals surface area contributed by atoms with Gasteiger partial charge in [0.1, 0.15) is 0 Å². The van der Waals surface area contributed by atoms with Crippen LogP contribution in [0.15, 0.2) is 54.6 Å². The third kappa shape index (κ3) is 3.42. The molecule has 0 saturated heterocycles. The van der Waals surface area contributed by atoms with E-state index in [0.29, 0.717) is 19.6 Å². The molecule has 0 bridgehead atoms. The predicted molar refractivity (Wildman–Crippen MR) is 88.5 cm³/mol. The predicted octanol–water partition coefficient (Wildman–Crippen LogP) is 2.23. The lowest BCUT2D eigenvalue weighted by Gasteiger charge is -2.29. The van der Waals surface area contributed by atoms with Crippen molar-refractivity contribution in [1.82, 2.24) is 9.80 Å². The minimum atomic E-state index is -0.451. The average Bonchev–Trinajstić information content (AvgIpc) is 2.61. The van der Waals surface area contributed by atoms with E-state index < -0.39 is 11.8 Å². The van der Waals surface area contributed by atoms with Gasteiger partial charge in [0, 0.05) is 26.7 Å². The Hall–Kier alpha value is -2.62. The Balaban J connectivity index is 1.65. The van der Waals surface area contributed by atoms with Crippen molar-refractivity contribution in [2.75, 3.05) is 13.6 Å². The van der Waals surface area contributed by atoms with Crippen LogP contribution in [0.5, 0.6) is 0 Å². The molecule has 0 atom stereocenters. The van der Waals surface area contributed by atoms with Crippen molar-refractivity contribution in [2.24, 2.45) is 0 Å². The number of amides is 2. The summed E-state index contributed by atoms with van der Waals surface area (Å²) in [5, 5.41) is 0. The smallest absolute Gasteiger partial charge is 0.312 e. The highest BCUT2D eigenvalue weighted by atomic mass is 16.2. The highest BCUT2D eigenvalue weighted by Crippen LogP contribution is 2.19. The van der Waals surface area contributed by atoms with E-state index in [9.17, 15) is 9.59 Å². The number of fused-ring (bicyclic) bond motifs is 1. The molecule has 1 heterocycles. The molecule has 2 aromatic carbocycles. The fourth-order valence-corrected chi connectivity index (χ4v) is 2.90. The summed E-state index contributed by atoms with van der Waals surface area (Å²) in [6, 6.07) is 17.8. The summed E-state index contributed by atoms with van der Waals surface area (Å²) in [5.41, 5.74) is 3.41.